The highest BCUT2D eigenvalue weighted by atomic mass is 32.2. The summed E-state index contributed by atoms with van der Waals surface area (Å²) in [6, 6.07) is 14.6. The Labute approximate surface area is 125 Å². The predicted molar refractivity (Wildman–Crippen MR) is 83.0 cm³/mol. The molecule has 0 spiro atoms. The van der Waals surface area contributed by atoms with Gasteiger partial charge in [0.05, 0.1) is 12.4 Å². The van der Waals surface area contributed by atoms with Gasteiger partial charge >= 0.3 is 0 Å². The van der Waals surface area contributed by atoms with Crippen molar-refractivity contribution in [1.29, 1.82) is 0 Å². The summed E-state index contributed by atoms with van der Waals surface area (Å²) < 4.78 is 26.8. The molecule has 4 nitrogen and oxygen atoms in total. The molecule has 0 heterocycles. The fourth-order valence-electron chi connectivity index (χ4n) is 2.01. The summed E-state index contributed by atoms with van der Waals surface area (Å²) in [6.07, 6.45) is 0. The monoisotopic (exact) mass is 305 g/mol. The van der Waals surface area contributed by atoms with Gasteiger partial charge in [0.2, 0.25) is 10.0 Å². The van der Waals surface area contributed by atoms with Gasteiger partial charge in [-0.3, -0.25) is 0 Å². The molecule has 0 unspecified atom stereocenters. The second-order valence-electron chi connectivity index (χ2n) is 4.98. The van der Waals surface area contributed by atoms with Crippen molar-refractivity contribution in [1.82, 2.24) is 4.72 Å². The van der Waals surface area contributed by atoms with Gasteiger partial charge in [0.25, 0.3) is 0 Å². The molecule has 2 rings (SSSR count). The molecule has 0 atom stereocenters. The van der Waals surface area contributed by atoms with Crippen molar-refractivity contribution in [3.63, 3.8) is 0 Å². The van der Waals surface area contributed by atoms with Gasteiger partial charge in [-0.1, -0.05) is 48.5 Å². The Bertz CT molecular complexity index is 694. The van der Waals surface area contributed by atoms with Crippen molar-refractivity contribution in [2.24, 2.45) is 0 Å². The molecular formula is C16H19NO3S. The van der Waals surface area contributed by atoms with E-state index in [1.165, 1.54) is 0 Å². The van der Waals surface area contributed by atoms with Crippen molar-refractivity contribution in [2.75, 3.05) is 0 Å². The first-order valence-corrected chi connectivity index (χ1v) is 8.36. The van der Waals surface area contributed by atoms with Crippen molar-refractivity contribution < 1.29 is 13.5 Å². The number of hydrogen-bond donors (Lipinski definition) is 2. The average molecular weight is 305 g/mol. The largest absolute Gasteiger partial charge is 0.392 e. The first kappa shape index (κ1) is 15.7. The standard InChI is InChI=1S/C16H19NO3S/c1-13-4-2-3-5-16(13)10-17-21(19,20)12-15-8-6-14(11-18)7-9-15/h2-9,17-18H,10-12H2,1H3. The molecule has 2 aromatic carbocycles. The van der Waals surface area contributed by atoms with E-state index < -0.39 is 10.0 Å². The highest BCUT2D eigenvalue weighted by Gasteiger charge is 2.11. The molecule has 0 fully saturated rings. The quantitative estimate of drug-likeness (QED) is 0.859. The van der Waals surface area contributed by atoms with Crippen LogP contribution in [0.2, 0.25) is 0 Å². The second-order valence-corrected chi connectivity index (χ2v) is 6.79. The number of aliphatic hydroxyl groups excluding tert-OH is 1. The molecule has 0 aliphatic heterocycles. The molecule has 0 radical (unpaired) electrons. The third-order valence-corrected chi connectivity index (χ3v) is 4.60. The van der Waals surface area contributed by atoms with Gasteiger partial charge < -0.3 is 5.11 Å². The Morgan fingerprint density at radius 2 is 1.62 bits per heavy atom. The van der Waals surface area contributed by atoms with Gasteiger partial charge in [-0.25, -0.2) is 13.1 Å². The molecule has 0 aromatic heterocycles. The van der Waals surface area contributed by atoms with E-state index in [0.29, 0.717) is 12.1 Å². The van der Waals surface area contributed by atoms with E-state index in [2.05, 4.69) is 4.72 Å². The third-order valence-electron chi connectivity index (χ3n) is 3.31. The number of rotatable bonds is 6. The van der Waals surface area contributed by atoms with Crippen molar-refractivity contribution in [3.8, 4) is 0 Å². The number of hydrogen-bond acceptors (Lipinski definition) is 3. The maximum absolute atomic E-state index is 12.1. The average Bonchev–Trinajstić information content (AvgIpc) is 2.47. The predicted octanol–water partition coefficient (Wildman–Crippen LogP) is 2.11. The lowest BCUT2D eigenvalue weighted by atomic mass is 10.1. The first-order valence-electron chi connectivity index (χ1n) is 6.71. The normalized spacial score (nSPS) is 11.5. The Kier molecular flexibility index (Phi) is 5.12. The van der Waals surface area contributed by atoms with E-state index in [-0.39, 0.29) is 12.4 Å². The van der Waals surface area contributed by atoms with Crippen LogP contribution in [0.1, 0.15) is 22.3 Å². The molecule has 0 aliphatic carbocycles. The number of benzene rings is 2. The van der Waals surface area contributed by atoms with Crippen LogP contribution in [0.25, 0.3) is 0 Å². The van der Waals surface area contributed by atoms with E-state index in [0.717, 1.165) is 16.7 Å². The van der Waals surface area contributed by atoms with Gasteiger partial charge in [-0.15, -0.1) is 0 Å². The first-order chi connectivity index (χ1) is 10.00. The van der Waals surface area contributed by atoms with E-state index in [9.17, 15) is 8.42 Å². The number of nitrogens with one attached hydrogen (secondary N) is 1. The van der Waals surface area contributed by atoms with Crippen LogP contribution in [0, 0.1) is 6.92 Å². The minimum Gasteiger partial charge on any atom is -0.392 e. The Morgan fingerprint density at radius 1 is 1.00 bits per heavy atom. The number of sulfonamides is 1. The van der Waals surface area contributed by atoms with Gasteiger partial charge in [-0.05, 0) is 29.2 Å². The zero-order chi connectivity index (χ0) is 15.3. The van der Waals surface area contributed by atoms with Crippen molar-refractivity contribution >= 4 is 10.0 Å². The highest BCUT2D eigenvalue weighted by molar-refractivity contribution is 7.88. The topological polar surface area (TPSA) is 66.4 Å². The molecule has 0 saturated carbocycles. The Balaban J connectivity index is 2.00. The Hall–Kier alpha value is -1.69. The van der Waals surface area contributed by atoms with E-state index in [4.69, 9.17) is 5.11 Å². The zero-order valence-electron chi connectivity index (χ0n) is 11.9. The zero-order valence-corrected chi connectivity index (χ0v) is 12.7. The van der Waals surface area contributed by atoms with Gasteiger partial charge in [-0.2, -0.15) is 0 Å². The van der Waals surface area contributed by atoms with Crippen LogP contribution in [0.3, 0.4) is 0 Å². The summed E-state index contributed by atoms with van der Waals surface area (Å²) in [7, 11) is -3.38. The minimum atomic E-state index is -3.38. The molecule has 21 heavy (non-hydrogen) atoms. The van der Waals surface area contributed by atoms with Gasteiger partial charge in [0, 0.05) is 6.54 Å². The minimum absolute atomic E-state index is 0.0431. The summed E-state index contributed by atoms with van der Waals surface area (Å²) in [6.45, 7) is 2.21. The van der Waals surface area contributed by atoms with E-state index in [1.54, 1.807) is 24.3 Å². The van der Waals surface area contributed by atoms with Crippen LogP contribution >= 0.6 is 0 Å². The second kappa shape index (κ2) is 6.85. The molecule has 0 amide bonds. The summed E-state index contributed by atoms with van der Waals surface area (Å²) in [5.41, 5.74) is 3.50. The van der Waals surface area contributed by atoms with E-state index in [1.807, 2.05) is 31.2 Å². The molecule has 0 bridgehead atoms. The maximum atomic E-state index is 12.1. The van der Waals surface area contributed by atoms with Gasteiger partial charge in [0.1, 0.15) is 0 Å². The fourth-order valence-corrected chi connectivity index (χ4v) is 3.12. The smallest absolute Gasteiger partial charge is 0.216 e. The van der Waals surface area contributed by atoms with Gasteiger partial charge in [0.15, 0.2) is 0 Å². The van der Waals surface area contributed by atoms with Crippen LogP contribution in [0.4, 0.5) is 0 Å². The Morgan fingerprint density at radius 3 is 2.24 bits per heavy atom. The SMILES string of the molecule is Cc1ccccc1CNS(=O)(=O)Cc1ccc(CO)cc1. The maximum Gasteiger partial charge on any atom is 0.216 e. The molecule has 5 heteroatoms. The lowest BCUT2D eigenvalue weighted by Crippen LogP contribution is -2.25. The summed E-state index contributed by atoms with van der Waals surface area (Å²) >= 11 is 0. The van der Waals surface area contributed by atoms with Crippen LogP contribution < -0.4 is 4.72 Å². The van der Waals surface area contributed by atoms with Crippen LogP contribution in [-0.2, 0) is 28.9 Å². The van der Waals surface area contributed by atoms with E-state index >= 15 is 0 Å². The lowest BCUT2D eigenvalue weighted by Gasteiger charge is -2.09. The van der Waals surface area contributed by atoms with Crippen LogP contribution in [0.15, 0.2) is 48.5 Å². The van der Waals surface area contributed by atoms with Crippen molar-refractivity contribution in [2.45, 2.75) is 25.8 Å². The molecule has 2 N–H and O–H groups in total. The molecule has 2 aromatic rings. The molecule has 0 aliphatic rings. The molecule has 112 valence electrons. The number of aliphatic hydroxyl groups is 1. The third kappa shape index (κ3) is 4.67. The summed E-state index contributed by atoms with van der Waals surface area (Å²) in [5.74, 6) is -0.0649. The number of aryl methyl sites for hydroxylation is 1. The van der Waals surface area contributed by atoms with Crippen LogP contribution in [0.5, 0.6) is 0 Å². The molecular weight excluding hydrogens is 286 g/mol. The van der Waals surface area contributed by atoms with Crippen LogP contribution in [-0.4, -0.2) is 13.5 Å². The fraction of sp³-hybridized carbons (Fsp3) is 0.250. The van der Waals surface area contributed by atoms with Crippen molar-refractivity contribution in [3.05, 3.63) is 70.8 Å². The summed E-state index contributed by atoms with van der Waals surface area (Å²) in [4.78, 5) is 0. The highest BCUT2D eigenvalue weighted by Crippen LogP contribution is 2.10. The lowest BCUT2D eigenvalue weighted by molar-refractivity contribution is 0.282. The molecule has 0 saturated heterocycles. The summed E-state index contributed by atoms with van der Waals surface area (Å²) in [5, 5.41) is 8.97.